The Hall–Kier alpha value is -3.13. The Labute approximate surface area is 165 Å². The smallest absolute Gasteiger partial charge is 0.307 e. The zero-order valence-electron chi connectivity index (χ0n) is 16.1. The molecular weight excluding hydrogens is 356 g/mol. The number of ether oxygens (including phenoxy) is 4. The first kappa shape index (κ1) is 19.6. The minimum absolute atomic E-state index is 0.130. The van der Waals surface area contributed by atoms with Crippen molar-refractivity contribution in [2.75, 3.05) is 26.9 Å². The van der Waals surface area contributed by atoms with Crippen molar-refractivity contribution >= 4 is 5.97 Å². The van der Waals surface area contributed by atoms with Crippen LogP contribution in [-0.2, 0) is 9.53 Å². The zero-order chi connectivity index (χ0) is 19.8. The van der Waals surface area contributed by atoms with Gasteiger partial charge in [0.1, 0.15) is 5.75 Å². The lowest BCUT2D eigenvalue weighted by molar-refractivity contribution is -0.140. The Morgan fingerprint density at radius 1 is 1.11 bits per heavy atom. The van der Waals surface area contributed by atoms with Crippen LogP contribution >= 0.6 is 0 Å². The maximum Gasteiger partial charge on any atom is 0.307 e. The van der Waals surface area contributed by atoms with E-state index in [1.165, 1.54) is 7.11 Å². The van der Waals surface area contributed by atoms with Crippen molar-refractivity contribution in [1.82, 2.24) is 0 Å². The third-order valence-electron chi connectivity index (χ3n) is 4.48. The topological polar surface area (TPSA) is 54.0 Å². The number of rotatable bonds is 6. The molecule has 1 aliphatic rings. The van der Waals surface area contributed by atoms with Crippen LogP contribution in [-0.4, -0.2) is 32.9 Å². The van der Waals surface area contributed by atoms with Gasteiger partial charge in [0.2, 0.25) is 0 Å². The second-order valence-electron chi connectivity index (χ2n) is 6.54. The van der Waals surface area contributed by atoms with Crippen LogP contribution in [0, 0.1) is 17.8 Å². The molecule has 2 aromatic carbocycles. The van der Waals surface area contributed by atoms with Crippen LogP contribution in [0.4, 0.5) is 0 Å². The van der Waals surface area contributed by atoms with E-state index in [0.29, 0.717) is 19.8 Å². The Bertz CT molecular complexity index is 820. The number of methoxy groups -OCH3 is 1. The normalized spacial score (nSPS) is 14.2. The molecule has 0 spiro atoms. The first-order chi connectivity index (χ1) is 13.7. The fraction of sp³-hybridized carbons (Fsp3) is 0.348. The van der Waals surface area contributed by atoms with Crippen molar-refractivity contribution in [1.29, 1.82) is 0 Å². The van der Waals surface area contributed by atoms with E-state index >= 15 is 0 Å². The van der Waals surface area contributed by atoms with Crippen LogP contribution in [0.1, 0.15) is 24.8 Å². The molecule has 2 aromatic rings. The molecule has 0 N–H and O–H groups in total. The van der Waals surface area contributed by atoms with Crippen LogP contribution in [0.2, 0.25) is 0 Å². The summed E-state index contributed by atoms with van der Waals surface area (Å²) in [7, 11) is 1.38. The molecule has 3 rings (SSSR count). The molecule has 146 valence electrons. The molecule has 0 unspecified atom stereocenters. The summed E-state index contributed by atoms with van der Waals surface area (Å²) in [6.07, 6.45) is 0.231. The first-order valence-electron chi connectivity index (χ1n) is 9.26. The summed E-state index contributed by atoms with van der Waals surface area (Å²) in [5.41, 5.74) is 0.962. The van der Waals surface area contributed by atoms with Gasteiger partial charge < -0.3 is 18.9 Å². The number of hydrogen-bond donors (Lipinski definition) is 0. The molecule has 0 saturated heterocycles. The van der Waals surface area contributed by atoms with Crippen molar-refractivity contribution in [3.63, 3.8) is 0 Å². The van der Waals surface area contributed by atoms with Crippen LogP contribution in [0.3, 0.4) is 0 Å². The lowest BCUT2D eigenvalue weighted by atomic mass is 9.96. The summed E-state index contributed by atoms with van der Waals surface area (Å²) in [5, 5.41) is 0. The lowest BCUT2D eigenvalue weighted by Gasteiger charge is -2.15. The monoisotopic (exact) mass is 380 g/mol. The molecule has 0 bridgehead atoms. The second-order valence-corrected chi connectivity index (χ2v) is 6.54. The molecule has 0 radical (unpaired) electrons. The van der Waals surface area contributed by atoms with Crippen LogP contribution in [0.25, 0.3) is 0 Å². The van der Waals surface area contributed by atoms with Gasteiger partial charge in [-0.25, -0.2) is 0 Å². The van der Waals surface area contributed by atoms with Crippen LogP contribution in [0.5, 0.6) is 17.2 Å². The molecule has 0 saturated carbocycles. The molecule has 5 nitrogen and oxygen atoms in total. The molecule has 28 heavy (non-hydrogen) atoms. The predicted molar refractivity (Wildman–Crippen MR) is 106 cm³/mol. The van der Waals surface area contributed by atoms with Crippen molar-refractivity contribution in [3.05, 3.63) is 54.1 Å². The Morgan fingerprint density at radius 3 is 2.32 bits per heavy atom. The minimum atomic E-state index is -0.276. The summed E-state index contributed by atoms with van der Waals surface area (Å²) in [4.78, 5) is 11.6. The van der Waals surface area contributed by atoms with Crippen molar-refractivity contribution in [2.45, 2.75) is 19.3 Å². The highest BCUT2D eigenvalue weighted by atomic mass is 16.5. The average molecular weight is 380 g/mol. The zero-order valence-corrected chi connectivity index (χ0v) is 16.1. The third-order valence-corrected chi connectivity index (χ3v) is 4.48. The molecule has 0 fully saturated rings. The number of fused-ring (bicyclic) bond motifs is 1. The number of carbonyl (C=O) groups is 1. The van der Waals surface area contributed by atoms with Gasteiger partial charge >= 0.3 is 5.97 Å². The highest BCUT2D eigenvalue weighted by molar-refractivity contribution is 5.71. The lowest BCUT2D eigenvalue weighted by Crippen LogP contribution is -2.23. The van der Waals surface area contributed by atoms with E-state index in [-0.39, 0.29) is 24.2 Å². The molecule has 1 heterocycles. The first-order valence-corrected chi connectivity index (χ1v) is 9.26. The van der Waals surface area contributed by atoms with Crippen molar-refractivity contribution in [2.24, 2.45) is 5.92 Å². The summed E-state index contributed by atoms with van der Waals surface area (Å²) >= 11 is 0. The van der Waals surface area contributed by atoms with E-state index in [1.54, 1.807) is 6.92 Å². The summed E-state index contributed by atoms with van der Waals surface area (Å²) in [5.74, 6) is 7.89. The molecule has 1 atom stereocenters. The largest absolute Gasteiger partial charge is 0.493 e. The number of esters is 1. The Morgan fingerprint density at radius 2 is 1.75 bits per heavy atom. The Balaban J connectivity index is 1.55. The van der Waals surface area contributed by atoms with Gasteiger partial charge in [0.15, 0.2) is 11.5 Å². The quantitative estimate of drug-likeness (QED) is 0.563. The molecule has 0 amide bonds. The third kappa shape index (κ3) is 5.20. The van der Waals surface area contributed by atoms with Gasteiger partial charge in [0, 0.05) is 0 Å². The molecule has 5 heteroatoms. The predicted octanol–water partition coefficient (Wildman–Crippen LogP) is 3.82. The highest BCUT2D eigenvalue weighted by Crippen LogP contribution is 2.30. The average Bonchev–Trinajstić information content (AvgIpc) is 2.94. The fourth-order valence-corrected chi connectivity index (χ4v) is 2.94. The maximum absolute atomic E-state index is 11.6. The molecule has 0 aliphatic carbocycles. The van der Waals surface area contributed by atoms with Gasteiger partial charge in [0.25, 0.3) is 0 Å². The molecule has 1 aliphatic heterocycles. The number of carbonyl (C=O) groups excluding carboxylic acids is 1. The highest BCUT2D eigenvalue weighted by Gasteiger charge is 2.19. The van der Waals surface area contributed by atoms with Gasteiger partial charge in [-0.3, -0.25) is 4.79 Å². The van der Waals surface area contributed by atoms with E-state index in [9.17, 15) is 4.79 Å². The minimum Gasteiger partial charge on any atom is -0.493 e. The van der Waals surface area contributed by atoms with Gasteiger partial charge in [0.05, 0.1) is 45.2 Å². The Kier molecular flexibility index (Phi) is 6.80. The summed E-state index contributed by atoms with van der Waals surface area (Å²) in [6, 6.07) is 15.3. The van der Waals surface area contributed by atoms with Gasteiger partial charge in [-0.15, -0.1) is 5.92 Å². The standard InChI is InChI=1S/C23H24O5/c1-3-6-19(13-23(24)25-2)18-9-11-20(12-10-18)26-14-17-15-27-21-7-4-5-8-22(21)28-16-17/h4-5,7-12,17,19H,13-16H2,1-2H3/t19-/m0/s1. The van der Waals surface area contributed by atoms with E-state index in [1.807, 2.05) is 48.5 Å². The van der Waals surface area contributed by atoms with Crippen molar-refractivity contribution in [3.8, 4) is 29.1 Å². The number of benzene rings is 2. The maximum atomic E-state index is 11.6. The number of para-hydroxylation sites is 2. The van der Waals surface area contributed by atoms with Gasteiger partial charge in [-0.1, -0.05) is 30.2 Å². The van der Waals surface area contributed by atoms with E-state index in [2.05, 4.69) is 11.8 Å². The molecular formula is C23H24O5. The van der Waals surface area contributed by atoms with Crippen LogP contribution < -0.4 is 14.2 Å². The summed E-state index contributed by atoms with van der Waals surface area (Å²) in [6.45, 7) is 3.34. The number of hydrogen-bond acceptors (Lipinski definition) is 5. The van der Waals surface area contributed by atoms with E-state index in [0.717, 1.165) is 22.8 Å². The van der Waals surface area contributed by atoms with Crippen molar-refractivity contribution < 1.29 is 23.7 Å². The molecule has 0 aromatic heterocycles. The van der Waals surface area contributed by atoms with Gasteiger partial charge in [-0.05, 0) is 36.8 Å². The van der Waals surface area contributed by atoms with E-state index < -0.39 is 0 Å². The second kappa shape index (κ2) is 9.70. The fourth-order valence-electron chi connectivity index (χ4n) is 2.94. The van der Waals surface area contributed by atoms with Crippen LogP contribution in [0.15, 0.2) is 48.5 Å². The van der Waals surface area contributed by atoms with Gasteiger partial charge in [-0.2, -0.15) is 0 Å². The van der Waals surface area contributed by atoms with E-state index in [4.69, 9.17) is 18.9 Å². The summed E-state index contributed by atoms with van der Waals surface area (Å²) < 4.78 is 22.3. The SMILES string of the molecule is CC#C[C@@H](CC(=O)OC)c1ccc(OCC2COc3ccccc3OC2)cc1.